The summed E-state index contributed by atoms with van der Waals surface area (Å²) in [5.74, 6) is 0.380. The molecule has 1 aromatic carbocycles. The highest BCUT2D eigenvalue weighted by atomic mass is 14.8. The largest absolute Gasteiger partial charge is 0.391 e. The third-order valence-corrected chi connectivity index (χ3v) is 2.42. The molecule has 0 fully saturated rings. The van der Waals surface area contributed by atoms with Gasteiger partial charge in [0.05, 0.1) is 0 Å². The fraction of sp³-hybridized carbons (Fsp3) is 0.429. The van der Waals surface area contributed by atoms with Crippen LogP contribution in [0.15, 0.2) is 36.5 Å². The van der Waals surface area contributed by atoms with Gasteiger partial charge in [-0.25, -0.2) is 0 Å². The number of allylic oxidation sites excluding steroid dienone is 1. The first-order valence-corrected chi connectivity index (χ1v) is 5.58. The van der Waals surface area contributed by atoms with Crippen LogP contribution in [0.4, 0.5) is 0 Å². The number of nitrogens with one attached hydrogen (secondary N) is 1. The van der Waals surface area contributed by atoms with E-state index in [1.165, 1.54) is 11.1 Å². The smallest absolute Gasteiger partial charge is 0.0203 e. The third kappa shape index (κ3) is 4.20. The summed E-state index contributed by atoms with van der Waals surface area (Å²) in [6.07, 6.45) is 0. The molecule has 84 valence electrons. The molecule has 1 N–H and O–H groups in total. The highest BCUT2D eigenvalue weighted by Gasteiger charge is 2.06. The number of rotatable bonds is 3. The van der Waals surface area contributed by atoms with Crippen molar-refractivity contribution < 1.29 is 0 Å². The minimum atomic E-state index is 0.380. The molecule has 1 unspecified atom stereocenters. The SMILES string of the molecule is C=C(NC)C(C)c1ccc(C)cc1.CC. The molecule has 0 spiro atoms. The Hall–Kier alpha value is -1.24. The molecule has 0 saturated heterocycles. The summed E-state index contributed by atoms with van der Waals surface area (Å²) < 4.78 is 0. The van der Waals surface area contributed by atoms with Crippen LogP contribution in [0.1, 0.15) is 37.8 Å². The van der Waals surface area contributed by atoms with Gasteiger partial charge in [0.15, 0.2) is 0 Å². The second kappa shape index (κ2) is 7.10. The van der Waals surface area contributed by atoms with Crippen molar-refractivity contribution in [2.75, 3.05) is 7.05 Å². The predicted octanol–water partition coefficient (Wildman–Crippen LogP) is 3.86. The molecule has 0 radical (unpaired) electrons. The summed E-state index contributed by atoms with van der Waals surface area (Å²) in [5, 5.41) is 3.08. The van der Waals surface area contributed by atoms with Gasteiger partial charge in [0.1, 0.15) is 0 Å². The van der Waals surface area contributed by atoms with Crippen molar-refractivity contribution in [2.45, 2.75) is 33.6 Å². The molecule has 1 atom stereocenters. The molecule has 0 aromatic heterocycles. The minimum Gasteiger partial charge on any atom is -0.391 e. The number of likely N-dealkylation sites (N-methyl/N-ethyl adjacent to an activating group) is 1. The minimum absolute atomic E-state index is 0.380. The van der Waals surface area contributed by atoms with E-state index in [1.807, 2.05) is 20.9 Å². The van der Waals surface area contributed by atoms with Crippen molar-refractivity contribution in [1.29, 1.82) is 0 Å². The zero-order valence-corrected chi connectivity index (χ0v) is 10.6. The monoisotopic (exact) mass is 205 g/mol. The highest BCUT2D eigenvalue weighted by molar-refractivity contribution is 5.28. The maximum atomic E-state index is 3.96. The number of hydrogen-bond acceptors (Lipinski definition) is 1. The number of aryl methyl sites for hydroxylation is 1. The molecule has 1 heteroatoms. The Labute approximate surface area is 94.2 Å². The first kappa shape index (κ1) is 13.8. The van der Waals surface area contributed by atoms with E-state index in [-0.39, 0.29) is 0 Å². The van der Waals surface area contributed by atoms with Crippen molar-refractivity contribution >= 4 is 0 Å². The molecule has 0 aliphatic carbocycles. The van der Waals surface area contributed by atoms with Gasteiger partial charge >= 0.3 is 0 Å². The maximum absolute atomic E-state index is 3.96. The molecule has 1 rings (SSSR count). The van der Waals surface area contributed by atoms with E-state index in [2.05, 4.69) is 50.0 Å². The summed E-state index contributed by atoms with van der Waals surface area (Å²) in [5.41, 5.74) is 3.67. The summed E-state index contributed by atoms with van der Waals surface area (Å²) in [6.45, 7) is 12.2. The molecule has 0 saturated carbocycles. The van der Waals surface area contributed by atoms with Crippen molar-refractivity contribution in [3.63, 3.8) is 0 Å². The lowest BCUT2D eigenvalue weighted by molar-refractivity contribution is 0.797. The molecule has 0 heterocycles. The molecule has 0 aliphatic rings. The van der Waals surface area contributed by atoms with Gasteiger partial charge in [-0.3, -0.25) is 0 Å². The summed E-state index contributed by atoms with van der Waals surface area (Å²) >= 11 is 0. The van der Waals surface area contributed by atoms with Crippen LogP contribution in [0, 0.1) is 6.92 Å². The molecule has 0 aliphatic heterocycles. The fourth-order valence-electron chi connectivity index (χ4n) is 1.27. The average Bonchev–Trinajstić information content (AvgIpc) is 2.31. The van der Waals surface area contributed by atoms with Gasteiger partial charge in [0.25, 0.3) is 0 Å². The summed E-state index contributed by atoms with van der Waals surface area (Å²) in [4.78, 5) is 0. The molecule has 0 bridgehead atoms. The molecule has 0 amide bonds. The normalized spacial score (nSPS) is 11.0. The van der Waals surface area contributed by atoms with E-state index < -0.39 is 0 Å². The Bertz CT molecular complexity index is 285. The van der Waals surface area contributed by atoms with Crippen molar-refractivity contribution in [1.82, 2.24) is 5.32 Å². The quantitative estimate of drug-likeness (QED) is 0.790. The Balaban J connectivity index is 0.000000921. The molecular weight excluding hydrogens is 182 g/mol. The Morgan fingerprint density at radius 1 is 1.20 bits per heavy atom. The second-order valence-corrected chi connectivity index (χ2v) is 3.41. The van der Waals surface area contributed by atoms with E-state index in [1.54, 1.807) is 0 Å². The van der Waals surface area contributed by atoms with Crippen LogP contribution < -0.4 is 5.32 Å². The van der Waals surface area contributed by atoms with Gasteiger partial charge in [-0.15, -0.1) is 0 Å². The van der Waals surface area contributed by atoms with E-state index in [0.717, 1.165) is 5.70 Å². The predicted molar refractivity (Wildman–Crippen MR) is 69.1 cm³/mol. The maximum Gasteiger partial charge on any atom is 0.0203 e. The standard InChI is InChI=1S/C12H17N.C2H6/c1-9-5-7-12(8-6-9)10(2)11(3)13-4;1-2/h5-8,10,13H,3H2,1-2,4H3;1-2H3. The van der Waals surface area contributed by atoms with Crippen molar-refractivity contribution in [2.24, 2.45) is 0 Å². The van der Waals surface area contributed by atoms with Gasteiger partial charge in [-0.2, -0.15) is 0 Å². The van der Waals surface area contributed by atoms with Crippen LogP contribution in [0.2, 0.25) is 0 Å². The zero-order valence-electron chi connectivity index (χ0n) is 10.6. The van der Waals surface area contributed by atoms with Crippen molar-refractivity contribution in [3.05, 3.63) is 47.7 Å². The Kier molecular flexibility index (Phi) is 6.52. The lowest BCUT2D eigenvalue weighted by Crippen LogP contribution is -2.11. The lowest BCUT2D eigenvalue weighted by Gasteiger charge is -2.14. The van der Waals surface area contributed by atoms with Crippen LogP contribution >= 0.6 is 0 Å². The van der Waals surface area contributed by atoms with Gasteiger partial charge in [0.2, 0.25) is 0 Å². The number of hydrogen-bond donors (Lipinski definition) is 1. The van der Waals surface area contributed by atoms with Gasteiger partial charge in [-0.05, 0) is 12.5 Å². The summed E-state index contributed by atoms with van der Waals surface area (Å²) in [6, 6.07) is 8.58. The van der Waals surface area contributed by atoms with Crippen LogP contribution in [0.25, 0.3) is 0 Å². The van der Waals surface area contributed by atoms with E-state index >= 15 is 0 Å². The van der Waals surface area contributed by atoms with Gasteiger partial charge in [0, 0.05) is 18.7 Å². The molecule has 15 heavy (non-hydrogen) atoms. The fourth-order valence-corrected chi connectivity index (χ4v) is 1.27. The third-order valence-electron chi connectivity index (χ3n) is 2.42. The van der Waals surface area contributed by atoms with E-state index in [0.29, 0.717) is 5.92 Å². The van der Waals surface area contributed by atoms with Gasteiger partial charge < -0.3 is 5.32 Å². The first-order valence-electron chi connectivity index (χ1n) is 5.58. The van der Waals surface area contributed by atoms with Crippen molar-refractivity contribution in [3.8, 4) is 0 Å². The number of benzene rings is 1. The molecule has 1 nitrogen and oxygen atoms in total. The lowest BCUT2D eigenvalue weighted by atomic mass is 9.97. The van der Waals surface area contributed by atoms with Crippen LogP contribution in [-0.4, -0.2) is 7.05 Å². The molecular formula is C14H23N. The topological polar surface area (TPSA) is 12.0 Å². The van der Waals surface area contributed by atoms with E-state index in [4.69, 9.17) is 0 Å². The summed E-state index contributed by atoms with van der Waals surface area (Å²) in [7, 11) is 1.91. The highest BCUT2D eigenvalue weighted by Crippen LogP contribution is 2.20. The Morgan fingerprint density at radius 2 is 1.67 bits per heavy atom. The van der Waals surface area contributed by atoms with Crippen LogP contribution in [0.5, 0.6) is 0 Å². The molecule has 1 aromatic rings. The van der Waals surface area contributed by atoms with Gasteiger partial charge in [-0.1, -0.05) is 57.2 Å². The van der Waals surface area contributed by atoms with Crippen LogP contribution in [0.3, 0.4) is 0 Å². The zero-order chi connectivity index (χ0) is 11.8. The van der Waals surface area contributed by atoms with E-state index in [9.17, 15) is 0 Å². The average molecular weight is 205 g/mol. The second-order valence-electron chi connectivity index (χ2n) is 3.41. The first-order chi connectivity index (χ1) is 7.15. The van der Waals surface area contributed by atoms with Crippen LogP contribution in [-0.2, 0) is 0 Å². The Morgan fingerprint density at radius 3 is 2.07 bits per heavy atom.